The summed E-state index contributed by atoms with van der Waals surface area (Å²) in [5.74, 6) is 0.168. The summed E-state index contributed by atoms with van der Waals surface area (Å²) in [6.07, 6.45) is 1.21. The lowest BCUT2D eigenvalue weighted by Crippen LogP contribution is -2.46. The third kappa shape index (κ3) is 2.44. The number of carbonyl (C=O) groups excluding carboxylic acids is 1. The first-order chi connectivity index (χ1) is 11.6. The Bertz CT molecular complexity index is 721. The molecular formula is C21H21NO2. The van der Waals surface area contributed by atoms with Gasteiger partial charge >= 0.3 is 6.09 Å². The molecule has 3 rings (SSSR count). The minimum atomic E-state index is -0.860. The number of hydrogen-bond acceptors (Lipinski definition) is 2. The largest absolute Gasteiger partial charge is 0.430 e. The van der Waals surface area contributed by atoms with Crippen molar-refractivity contribution in [1.29, 1.82) is 0 Å². The first-order valence-corrected chi connectivity index (χ1v) is 8.09. The monoisotopic (exact) mass is 319 g/mol. The van der Waals surface area contributed by atoms with Crippen LogP contribution in [-0.2, 0) is 10.3 Å². The molecule has 1 saturated heterocycles. The van der Waals surface area contributed by atoms with Crippen LogP contribution in [0, 0.1) is 5.92 Å². The number of nitrogens with zero attached hydrogens (tertiary/aromatic N) is 1. The number of cyclic esters (lactones) is 1. The Kier molecular flexibility index (Phi) is 4.28. The van der Waals surface area contributed by atoms with Gasteiger partial charge in [-0.3, -0.25) is 4.90 Å². The first-order valence-electron chi connectivity index (χ1n) is 8.09. The van der Waals surface area contributed by atoms with E-state index in [-0.39, 0.29) is 18.1 Å². The van der Waals surface area contributed by atoms with Gasteiger partial charge in [0.2, 0.25) is 0 Å². The molecule has 0 unspecified atom stereocenters. The van der Waals surface area contributed by atoms with E-state index in [0.717, 1.165) is 11.1 Å². The zero-order valence-electron chi connectivity index (χ0n) is 14.0. The van der Waals surface area contributed by atoms with Crippen LogP contribution in [0.1, 0.15) is 25.0 Å². The fourth-order valence-electron chi connectivity index (χ4n) is 3.58. The summed E-state index contributed by atoms with van der Waals surface area (Å²) in [5, 5.41) is 0. The fourth-order valence-corrected chi connectivity index (χ4v) is 3.58. The average molecular weight is 319 g/mol. The molecule has 1 amide bonds. The maximum atomic E-state index is 12.6. The van der Waals surface area contributed by atoms with E-state index in [9.17, 15) is 4.79 Å². The van der Waals surface area contributed by atoms with Crippen molar-refractivity contribution < 1.29 is 9.53 Å². The molecule has 1 aliphatic heterocycles. The van der Waals surface area contributed by atoms with Crippen LogP contribution in [0.2, 0.25) is 0 Å². The Labute approximate surface area is 142 Å². The van der Waals surface area contributed by atoms with Crippen LogP contribution in [0.15, 0.2) is 79.2 Å². The van der Waals surface area contributed by atoms with Crippen molar-refractivity contribution in [2.45, 2.75) is 25.5 Å². The average Bonchev–Trinajstić information content (AvgIpc) is 2.91. The van der Waals surface area contributed by atoms with Gasteiger partial charge in [0.1, 0.15) is 0 Å². The number of ether oxygens (including phenoxy) is 1. The molecular weight excluding hydrogens is 298 g/mol. The van der Waals surface area contributed by atoms with Gasteiger partial charge in [-0.25, -0.2) is 4.79 Å². The Balaban J connectivity index is 2.29. The molecule has 0 bridgehead atoms. The maximum Gasteiger partial charge on any atom is 0.416 e. The molecule has 1 aliphatic rings. The van der Waals surface area contributed by atoms with Crippen LogP contribution in [0.5, 0.6) is 0 Å². The molecule has 1 atom stereocenters. The second-order valence-corrected chi connectivity index (χ2v) is 6.27. The van der Waals surface area contributed by atoms with E-state index in [1.54, 1.807) is 11.1 Å². The molecule has 2 aromatic carbocycles. The van der Waals surface area contributed by atoms with Crippen LogP contribution in [-0.4, -0.2) is 17.0 Å². The first kappa shape index (κ1) is 16.1. The predicted molar refractivity (Wildman–Crippen MR) is 94.3 cm³/mol. The zero-order chi connectivity index (χ0) is 17.2. The Morgan fingerprint density at radius 2 is 1.58 bits per heavy atom. The van der Waals surface area contributed by atoms with E-state index < -0.39 is 5.60 Å². The molecule has 3 nitrogen and oxygen atoms in total. The van der Waals surface area contributed by atoms with Gasteiger partial charge in [-0.2, -0.15) is 0 Å². The Morgan fingerprint density at radius 3 is 2.00 bits per heavy atom. The summed E-state index contributed by atoms with van der Waals surface area (Å²) < 4.78 is 6.05. The van der Waals surface area contributed by atoms with Crippen molar-refractivity contribution in [3.8, 4) is 0 Å². The highest BCUT2D eigenvalue weighted by Gasteiger charge is 2.56. The minimum absolute atomic E-state index is 0.168. The topological polar surface area (TPSA) is 29.5 Å². The highest BCUT2D eigenvalue weighted by molar-refractivity contribution is 5.75. The number of hydrogen-bond donors (Lipinski definition) is 0. The molecule has 24 heavy (non-hydrogen) atoms. The third-order valence-corrected chi connectivity index (χ3v) is 4.44. The minimum Gasteiger partial charge on any atom is -0.430 e. The zero-order valence-corrected chi connectivity index (χ0v) is 14.0. The van der Waals surface area contributed by atoms with Gasteiger partial charge in [-0.1, -0.05) is 81.1 Å². The molecule has 0 saturated carbocycles. The van der Waals surface area contributed by atoms with Gasteiger partial charge in [-0.05, 0) is 5.92 Å². The van der Waals surface area contributed by atoms with Gasteiger partial charge < -0.3 is 4.74 Å². The quantitative estimate of drug-likeness (QED) is 0.764. The summed E-state index contributed by atoms with van der Waals surface area (Å²) in [4.78, 5) is 14.3. The van der Waals surface area contributed by atoms with Crippen molar-refractivity contribution in [1.82, 2.24) is 4.90 Å². The molecule has 0 aromatic heterocycles. The van der Waals surface area contributed by atoms with Crippen molar-refractivity contribution in [3.05, 3.63) is 90.3 Å². The summed E-state index contributed by atoms with van der Waals surface area (Å²) >= 11 is 0. The van der Waals surface area contributed by atoms with Gasteiger partial charge in [0.05, 0.1) is 12.2 Å². The second kappa shape index (κ2) is 6.38. The standard InChI is InChI=1S/C21H21NO2/c1-4-15-22-19(16(2)3)21(24-20(22)23,17-11-7-5-8-12-17)18-13-9-6-10-14-18/h5-16,19H,1H2,2-3H3/t19-/m1/s1. The highest BCUT2D eigenvalue weighted by atomic mass is 16.6. The van der Waals surface area contributed by atoms with Crippen molar-refractivity contribution in [3.63, 3.8) is 0 Å². The van der Waals surface area contributed by atoms with Gasteiger partial charge in [0.15, 0.2) is 5.60 Å². The lowest BCUT2D eigenvalue weighted by molar-refractivity contribution is 0.0562. The molecule has 1 fully saturated rings. The number of benzene rings is 2. The lowest BCUT2D eigenvalue weighted by Gasteiger charge is -2.37. The van der Waals surface area contributed by atoms with E-state index in [1.165, 1.54) is 0 Å². The van der Waals surface area contributed by atoms with Gasteiger partial charge in [0.25, 0.3) is 0 Å². The SMILES string of the molecule is C=C=CN1C(=O)OC(c2ccccc2)(c2ccccc2)[C@H]1C(C)C. The van der Waals surface area contributed by atoms with Crippen LogP contribution < -0.4 is 0 Å². The number of rotatable bonds is 4. The number of carbonyl (C=O) groups is 1. The molecule has 0 radical (unpaired) electrons. The van der Waals surface area contributed by atoms with E-state index in [1.807, 2.05) is 60.7 Å². The fraction of sp³-hybridized carbons (Fsp3) is 0.238. The predicted octanol–water partition coefficient (Wildman–Crippen LogP) is 4.71. The lowest BCUT2D eigenvalue weighted by atomic mass is 9.76. The Morgan fingerprint density at radius 1 is 1.08 bits per heavy atom. The maximum absolute atomic E-state index is 12.6. The Hall–Kier alpha value is -2.77. The van der Waals surface area contributed by atoms with E-state index >= 15 is 0 Å². The van der Waals surface area contributed by atoms with E-state index in [2.05, 4.69) is 26.2 Å². The van der Waals surface area contributed by atoms with E-state index in [0.29, 0.717) is 0 Å². The van der Waals surface area contributed by atoms with Crippen molar-refractivity contribution >= 4 is 6.09 Å². The van der Waals surface area contributed by atoms with E-state index in [4.69, 9.17) is 4.74 Å². The highest BCUT2D eigenvalue weighted by Crippen LogP contribution is 2.47. The second-order valence-electron chi connectivity index (χ2n) is 6.27. The van der Waals surface area contributed by atoms with Crippen molar-refractivity contribution in [2.75, 3.05) is 0 Å². The molecule has 122 valence electrons. The molecule has 0 aliphatic carbocycles. The molecule has 0 spiro atoms. The van der Waals surface area contributed by atoms with Crippen molar-refractivity contribution in [2.24, 2.45) is 5.92 Å². The molecule has 3 heteroatoms. The third-order valence-electron chi connectivity index (χ3n) is 4.44. The van der Waals surface area contributed by atoms with Crippen LogP contribution >= 0.6 is 0 Å². The normalized spacial score (nSPS) is 19.0. The number of amides is 1. The summed E-state index contributed by atoms with van der Waals surface area (Å²) in [5.41, 5.74) is 3.78. The molecule has 1 heterocycles. The summed E-state index contributed by atoms with van der Waals surface area (Å²) in [6.45, 7) is 7.80. The summed E-state index contributed by atoms with van der Waals surface area (Å²) in [7, 11) is 0. The summed E-state index contributed by atoms with van der Waals surface area (Å²) in [6, 6.07) is 19.7. The molecule has 0 N–H and O–H groups in total. The van der Waals surface area contributed by atoms with Crippen LogP contribution in [0.25, 0.3) is 0 Å². The smallest absolute Gasteiger partial charge is 0.416 e. The van der Waals surface area contributed by atoms with Crippen LogP contribution in [0.4, 0.5) is 4.79 Å². The van der Waals surface area contributed by atoms with Gasteiger partial charge in [0, 0.05) is 11.1 Å². The van der Waals surface area contributed by atoms with Gasteiger partial charge in [-0.15, -0.1) is 5.73 Å². The molecule has 2 aromatic rings. The van der Waals surface area contributed by atoms with Crippen LogP contribution in [0.3, 0.4) is 0 Å².